The molecule has 0 radical (unpaired) electrons. The molecule has 3 heteroatoms. The van der Waals surface area contributed by atoms with Gasteiger partial charge in [0.05, 0.1) is 5.69 Å². The first-order chi connectivity index (χ1) is 10.4. The van der Waals surface area contributed by atoms with Crippen LogP contribution in [0.15, 0.2) is 36.4 Å². The molecule has 2 aromatic rings. The summed E-state index contributed by atoms with van der Waals surface area (Å²) in [5, 5.41) is 0. The first kappa shape index (κ1) is 16.1. The zero-order valence-corrected chi connectivity index (χ0v) is 13.6. The molecule has 0 amide bonds. The minimum absolute atomic E-state index is 0.0000231. The van der Waals surface area contributed by atoms with Gasteiger partial charge in [0, 0.05) is 5.56 Å². The predicted octanol–water partition coefficient (Wildman–Crippen LogP) is 4.23. The van der Waals surface area contributed by atoms with Gasteiger partial charge in [-0.3, -0.25) is 4.79 Å². The van der Waals surface area contributed by atoms with Crippen LogP contribution in [0, 0.1) is 20.8 Å². The fourth-order valence-electron chi connectivity index (χ4n) is 2.51. The van der Waals surface area contributed by atoms with Crippen LogP contribution in [0.4, 0.5) is 5.69 Å². The molecule has 0 aliphatic heterocycles. The van der Waals surface area contributed by atoms with Gasteiger partial charge in [0.1, 0.15) is 5.75 Å². The number of ketones is 1. The van der Waals surface area contributed by atoms with Gasteiger partial charge in [-0.05, 0) is 50.5 Å². The molecule has 22 heavy (non-hydrogen) atoms. The molecule has 2 rings (SSSR count). The lowest BCUT2D eigenvalue weighted by atomic mass is 9.98. The van der Waals surface area contributed by atoms with E-state index in [1.807, 2.05) is 64.1 Å². The van der Waals surface area contributed by atoms with E-state index in [9.17, 15) is 4.79 Å². The van der Waals surface area contributed by atoms with E-state index in [1.54, 1.807) is 0 Å². The molecule has 0 aliphatic carbocycles. The summed E-state index contributed by atoms with van der Waals surface area (Å²) in [6.45, 7) is 7.88. The Morgan fingerprint density at radius 3 is 2.32 bits per heavy atom. The molecular weight excluding hydrogens is 274 g/mol. The standard InChI is InChI=1S/C19H23NO2/c1-5-17(22-18-9-7-13(3)11-16(18)20)19(21)15-8-6-12(2)10-14(15)4/h6-11,17H,5,20H2,1-4H3. The molecule has 0 spiro atoms. The predicted molar refractivity (Wildman–Crippen MR) is 90.5 cm³/mol. The largest absolute Gasteiger partial charge is 0.480 e. The van der Waals surface area contributed by atoms with Crippen LogP contribution in [0.2, 0.25) is 0 Å². The molecular formula is C19H23NO2. The van der Waals surface area contributed by atoms with E-state index in [4.69, 9.17) is 10.5 Å². The molecule has 2 aromatic carbocycles. The summed E-state index contributed by atoms with van der Waals surface area (Å²) < 4.78 is 5.88. The van der Waals surface area contributed by atoms with Crippen molar-refractivity contribution >= 4 is 11.5 Å². The van der Waals surface area contributed by atoms with E-state index in [1.165, 1.54) is 0 Å². The van der Waals surface area contributed by atoms with Gasteiger partial charge in [0.25, 0.3) is 0 Å². The lowest BCUT2D eigenvalue weighted by Gasteiger charge is -2.19. The highest BCUT2D eigenvalue weighted by Gasteiger charge is 2.22. The highest BCUT2D eigenvalue weighted by atomic mass is 16.5. The van der Waals surface area contributed by atoms with Gasteiger partial charge in [-0.15, -0.1) is 0 Å². The summed E-state index contributed by atoms with van der Waals surface area (Å²) in [5.41, 5.74) is 10.4. The summed E-state index contributed by atoms with van der Waals surface area (Å²) >= 11 is 0. The zero-order chi connectivity index (χ0) is 16.3. The molecule has 0 aromatic heterocycles. The number of benzene rings is 2. The van der Waals surface area contributed by atoms with E-state index in [0.29, 0.717) is 23.4 Å². The van der Waals surface area contributed by atoms with E-state index in [-0.39, 0.29) is 5.78 Å². The van der Waals surface area contributed by atoms with E-state index < -0.39 is 6.10 Å². The number of anilines is 1. The fraction of sp³-hybridized carbons (Fsp3) is 0.316. The van der Waals surface area contributed by atoms with Crippen LogP contribution in [-0.4, -0.2) is 11.9 Å². The highest BCUT2D eigenvalue weighted by molar-refractivity contribution is 6.01. The number of nitrogens with two attached hydrogens (primary N) is 1. The molecule has 0 bridgehead atoms. The van der Waals surface area contributed by atoms with E-state index >= 15 is 0 Å². The van der Waals surface area contributed by atoms with E-state index in [0.717, 1.165) is 16.7 Å². The molecule has 2 N–H and O–H groups in total. The topological polar surface area (TPSA) is 52.3 Å². The van der Waals surface area contributed by atoms with Gasteiger partial charge in [0.2, 0.25) is 5.78 Å². The average molecular weight is 297 g/mol. The molecule has 1 atom stereocenters. The first-order valence-electron chi connectivity index (χ1n) is 7.56. The number of carbonyl (C=O) groups excluding carboxylic acids is 1. The van der Waals surface area contributed by atoms with E-state index in [2.05, 4.69) is 0 Å². The fourth-order valence-corrected chi connectivity index (χ4v) is 2.51. The molecule has 3 nitrogen and oxygen atoms in total. The third-order valence-corrected chi connectivity index (χ3v) is 3.75. The Morgan fingerprint density at radius 1 is 1.09 bits per heavy atom. The second-order valence-electron chi connectivity index (χ2n) is 5.74. The number of aryl methyl sites for hydroxylation is 3. The quantitative estimate of drug-likeness (QED) is 0.663. The van der Waals surface area contributed by atoms with Crippen molar-refractivity contribution in [2.45, 2.75) is 40.2 Å². The van der Waals surface area contributed by atoms with Crippen molar-refractivity contribution in [3.05, 3.63) is 58.7 Å². The van der Waals surface area contributed by atoms with Gasteiger partial charge >= 0.3 is 0 Å². The monoisotopic (exact) mass is 297 g/mol. The van der Waals surface area contributed by atoms with Gasteiger partial charge in [0.15, 0.2) is 6.10 Å². The maximum Gasteiger partial charge on any atom is 0.203 e. The summed E-state index contributed by atoms with van der Waals surface area (Å²) in [6, 6.07) is 11.4. The number of hydrogen-bond acceptors (Lipinski definition) is 3. The number of rotatable bonds is 5. The van der Waals surface area contributed by atoms with Crippen molar-refractivity contribution in [1.29, 1.82) is 0 Å². The lowest BCUT2D eigenvalue weighted by molar-refractivity contribution is 0.0787. The van der Waals surface area contributed by atoms with Gasteiger partial charge < -0.3 is 10.5 Å². The third-order valence-electron chi connectivity index (χ3n) is 3.75. The van der Waals surface area contributed by atoms with Crippen LogP contribution in [0.5, 0.6) is 5.75 Å². The second-order valence-corrected chi connectivity index (χ2v) is 5.74. The normalized spacial score (nSPS) is 12.0. The molecule has 0 saturated carbocycles. The summed E-state index contributed by atoms with van der Waals surface area (Å²) in [5.74, 6) is 0.565. The molecule has 0 aliphatic rings. The number of ether oxygens (including phenoxy) is 1. The first-order valence-corrected chi connectivity index (χ1v) is 7.56. The number of nitrogen functional groups attached to an aromatic ring is 1. The van der Waals surface area contributed by atoms with Crippen LogP contribution in [-0.2, 0) is 0 Å². The minimum atomic E-state index is -0.522. The smallest absolute Gasteiger partial charge is 0.203 e. The third kappa shape index (κ3) is 3.48. The zero-order valence-electron chi connectivity index (χ0n) is 13.6. The Labute approximate surface area is 132 Å². The lowest BCUT2D eigenvalue weighted by Crippen LogP contribution is -2.27. The molecule has 1 unspecified atom stereocenters. The Balaban J connectivity index is 2.25. The van der Waals surface area contributed by atoms with Gasteiger partial charge in [-0.2, -0.15) is 0 Å². The van der Waals surface area contributed by atoms with Crippen LogP contribution >= 0.6 is 0 Å². The van der Waals surface area contributed by atoms with Crippen LogP contribution in [0.3, 0.4) is 0 Å². The minimum Gasteiger partial charge on any atom is -0.480 e. The molecule has 116 valence electrons. The number of hydrogen-bond donors (Lipinski definition) is 1. The Kier molecular flexibility index (Phi) is 4.86. The maximum atomic E-state index is 12.7. The SMILES string of the molecule is CCC(Oc1ccc(C)cc1N)C(=O)c1ccc(C)cc1C. The van der Waals surface area contributed by atoms with Gasteiger partial charge in [-0.25, -0.2) is 0 Å². The maximum absolute atomic E-state index is 12.7. The second kappa shape index (κ2) is 6.65. The molecule has 0 saturated heterocycles. The van der Waals surface area contributed by atoms with Crippen LogP contribution < -0.4 is 10.5 Å². The number of carbonyl (C=O) groups is 1. The summed E-state index contributed by atoms with van der Waals surface area (Å²) in [7, 11) is 0. The highest BCUT2D eigenvalue weighted by Crippen LogP contribution is 2.25. The Morgan fingerprint density at radius 2 is 1.73 bits per heavy atom. The van der Waals surface area contributed by atoms with Crippen molar-refractivity contribution in [3.8, 4) is 5.75 Å². The van der Waals surface area contributed by atoms with Crippen molar-refractivity contribution < 1.29 is 9.53 Å². The number of Topliss-reactive ketones (excluding diaryl/α,β-unsaturated/α-hetero) is 1. The summed E-state index contributed by atoms with van der Waals surface area (Å²) in [4.78, 5) is 12.7. The average Bonchev–Trinajstić information content (AvgIpc) is 2.46. The summed E-state index contributed by atoms with van der Waals surface area (Å²) in [6.07, 6.45) is 0.0749. The van der Waals surface area contributed by atoms with Crippen molar-refractivity contribution in [3.63, 3.8) is 0 Å². The van der Waals surface area contributed by atoms with Crippen LogP contribution in [0.25, 0.3) is 0 Å². The van der Waals surface area contributed by atoms with Crippen LogP contribution in [0.1, 0.15) is 40.4 Å². The van der Waals surface area contributed by atoms with Crippen molar-refractivity contribution in [2.24, 2.45) is 0 Å². The van der Waals surface area contributed by atoms with Crippen molar-refractivity contribution in [1.82, 2.24) is 0 Å². The van der Waals surface area contributed by atoms with Crippen molar-refractivity contribution in [2.75, 3.05) is 5.73 Å². The Hall–Kier alpha value is -2.29. The van der Waals surface area contributed by atoms with Gasteiger partial charge in [-0.1, -0.05) is 36.8 Å². The Bertz CT molecular complexity index is 692. The molecule has 0 heterocycles. The molecule has 0 fully saturated rings.